The smallest absolute Gasteiger partial charge is 0.306 e. The van der Waals surface area contributed by atoms with E-state index in [0.717, 1.165) is 0 Å². The van der Waals surface area contributed by atoms with E-state index in [9.17, 15) is 19.7 Å². The zero-order valence-electron chi connectivity index (χ0n) is 11.1. The number of nitro groups is 1. The van der Waals surface area contributed by atoms with Crippen LogP contribution >= 0.6 is 0 Å². The standard InChI is InChI=1S/C13H15N3O5/c17-12(15-9-5-8(6-9)13(18)19)7-14-10-3-1-2-4-11(10)16(20)21/h1-4,8-9,14H,5-7H2,(H,15,17)(H,18,19). The number of amides is 1. The van der Waals surface area contributed by atoms with Crippen molar-refractivity contribution in [3.8, 4) is 0 Å². The third-order valence-corrected chi connectivity index (χ3v) is 3.39. The Morgan fingerprint density at radius 2 is 2.00 bits per heavy atom. The van der Waals surface area contributed by atoms with Gasteiger partial charge < -0.3 is 15.7 Å². The molecule has 1 aliphatic carbocycles. The van der Waals surface area contributed by atoms with Gasteiger partial charge >= 0.3 is 5.97 Å². The predicted octanol–water partition coefficient (Wildman–Crippen LogP) is 0.986. The Hall–Kier alpha value is -2.64. The number of hydrogen-bond donors (Lipinski definition) is 3. The number of anilines is 1. The molecule has 3 N–H and O–H groups in total. The lowest BCUT2D eigenvalue weighted by Gasteiger charge is -2.32. The van der Waals surface area contributed by atoms with Gasteiger partial charge in [-0.3, -0.25) is 19.7 Å². The summed E-state index contributed by atoms with van der Waals surface area (Å²) in [4.78, 5) is 32.6. The van der Waals surface area contributed by atoms with E-state index >= 15 is 0 Å². The van der Waals surface area contributed by atoms with E-state index in [1.807, 2.05) is 0 Å². The summed E-state index contributed by atoms with van der Waals surface area (Å²) < 4.78 is 0. The van der Waals surface area contributed by atoms with Gasteiger partial charge in [-0.2, -0.15) is 0 Å². The first-order chi connectivity index (χ1) is 9.97. The highest BCUT2D eigenvalue weighted by atomic mass is 16.6. The molecule has 0 atom stereocenters. The molecule has 0 aliphatic heterocycles. The van der Waals surface area contributed by atoms with Crippen molar-refractivity contribution in [1.29, 1.82) is 0 Å². The quantitative estimate of drug-likeness (QED) is 0.531. The number of carboxylic acid groups (broad SMARTS) is 1. The summed E-state index contributed by atoms with van der Waals surface area (Å²) >= 11 is 0. The Morgan fingerprint density at radius 1 is 1.33 bits per heavy atom. The minimum atomic E-state index is -0.849. The molecule has 21 heavy (non-hydrogen) atoms. The van der Waals surface area contributed by atoms with Crippen LogP contribution in [0.5, 0.6) is 0 Å². The number of benzene rings is 1. The van der Waals surface area contributed by atoms with Gasteiger partial charge in [0.1, 0.15) is 5.69 Å². The van der Waals surface area contributed by atoms with E-state index < -0.39 is 16.8 Å². The van der Waals surface area contributed by atoms with Crippen LogP contribution in [0.1, 0.15) is 12.8 Å². The molecular formula is C13H15N3O5. The van der Waals surface area contributed by atoms with Crippen molar-refractivity contribution in [3.63, 3.8) is 0 Å². The van der Waals surface area contributed by atoms with Gasteiger partial charge in [0.25, 0.3) is 5.69 Å². The second kappa shape index (κ2) is 6.21. The van der Waals surface area contributed by atoms with Crippen LogP contribution in [0.25, 0.3) is 0 Å². The zero-order valence-corrected chi connectivity index (χ0v) is 11.1. The van der Waals surface area contributed by atoms with E-state index in [1.54, 1.807) is 12.1 Å². The normalized spacial score (nSPS) is 20.2. The molecule has 0 heterocycles. The minimum absolute atomic E-state index is 0.0973. The van der Waals surface area contributed by atoms with Crippen LogP contribution in [-0.4, -0.2) is 34.5 Å². The summed E-state index contributed by atoms with van der Waals surface area (Å²) in [6.45, 7) is -0.0981. The summed E-state index contributed by atoms with van der Waals surface area (Å²) in [6.07, 6.45) is 0.846. The van der Waals surface area contributed by atoms with Gasteiger partial charge in [0, 0.05) is 12.1 Å². The molecule has 8 nitrogen and oxygen atoms in total. The molecule has 112 valence electrons. The summed E-state index contributed by atoms with van der Waals surface area (Å²) in [7, 11) is 0. The molecular weight excluding hydrogens is 278 g/mol. The third kappa shape index (κ3) is 3.68. The molecule has 0 spiro atoms. The molecule has 1 aromatic carbocycles. The van der Waals surface area contributed by atoms with Gasteiger partial charge in [-0.05, 0) is 18.9 Å². The first-order valence-corrected chi connectivity index (χ1v) is 6.47. The Balaban J connectivity index is 1.80. The van der Waals surface area contributed by atoms with Crippen molar-refractivity contribution in [1.82, 2.24) is 5.32 Å². The van der Waals surface area contributed by atoms with E-state index in [2.05, 4.69) is 10.6 Å². The molecule has 1 amide bonds. The summed E-state index contributed by atoms with van der Waals surface area (Å²) in [6, 6.07) is 5.92. The van der Waals surface area contributed by atoms with Gasteiger partial charge in [0.05, 0.1) is 17.4 Å². The number of hydrogen-bond acceptors (Lipinski definition) is 5. The molecule has 8 heteroatoms. The van der Waals surface area contributed by atoms with Gasteiger partial charge in [-0.1, -0.05) is 12.1 Å². The fourth-order valence-electron chi connectivity index (χ4n) is 2.17. The zero-order chi connectivity index (χ0) is 15.4. The van der Waals surface area contributed by atoms with Crippen LogP contribution in [0.3, 0.4) is 0 Å². The molecule has 0 unspecified atom stereocenters. The Kier molecular flexibility index (Phi) is 4.36. The fourth-order valence-corrected chi connectivity index (χ4v) is 2.17. The predicted molar refractivity (Wildman–Crippen MR) is 73.9 cm³/mol. The van der Waals surface area contributed by atoms with E-state index in [-0.39, 0.29) is 29.9 Å². The molecule has 0 aromatic heterocycles. The van der Waals surface area contributed by atoms with E-state index in [4.69, 9.17) is 5.11 Å². The maximum Gasteiger partial charge on any atom is 0.306 e. The molecule has 1 fully saturated rings. The maximum atomic E-state index is 11.7. The van der Waals surface area contributed by atoms with Crippen molar-refractivity contribution in [2.24, 2.45) is 5.92 Å². The molecule has 1 aliphatic rings. The van der Waals surface area contributed by atoms with Crippen molar-refractivity contribution in [2.75, 3.05) is 11.9 Å². The lowest BCUT2D eigenvalue weighted by Crippen LogP contribution is -2.48. The van der Waals surface area contributed by atoms with Crippen LogP contribution < -0.4 is 10.6 Å². The van der Waals surface area contributed by atoms with Gasteiger partial charge in [0.15, 0.2) is 0 Å². The van der Waals surface area contributed by atoms with Gasteiger partial charge in [0.2, 0.25) is 5.91 Å². The Bertz CT molecular complexity index is 569. The average Bonchev–Trinajstić information content (AvgIpc) is 2.39. The van der Waals surface area contributed by atoms with E-state index in [0.29, 0.717) is 12.8 Å². The number of carbonyl (C=O) groups excluding carboxylic acids is 1. The second-order valence-corrected chi connectivity index (χ2v) is 4.90. The Morgan fingerprint density at radius 3 is 2.62 bits per heavy atom. The molecule has 2 rings (SSSR count). The first-order valence-electron chi connectivity index (χ1n) is 6.47. The Labute approximate surface area is 120 Å². The number of nitro benzene ring substituents is 1. The van der Waals surface area contributed by atoms with Crippen molar-refractivity contribution < 1.29 is 19.6 Å². The van der Waals surface area contributed by atoms with Gasteiger partial charge in [-0.25, -0.2) is 0 Å². The van der Waals surface area contributed by atoms with Crippen LogP contribution in [0.4, 0.5) is 11.4 Å². The topological polar surface area (TPSA) is 122 Å². The number of rotatable bonds is 6. The summed E-state index contributed by atoms with van der Waals surface area (Å²) in [5.41, 5.74) is 0.176. The van der Waals surface area contributed by atoms with Gasteiger partial charge in [-0.15, -0.1) is 0 Å². The highest BCUT2D eigenvalue weighted by Crippen LogP contribution is 2.27. The molecule has 1 aromatic rings. The van der Waals surface area contributed by atoms with Crippen LogP contribution in [-0.2, 0) is 9.59 Å². The van der Waals surface area contributed by atoms with Crippen molar-refractivity contribution >= 4 is 23.3 Å². The number of carboxylic acids is 1. The number of nitrogens with one attached hydrogen (secondary N) is 2. The third-order valence-electron chi connectivity index (χ3n) is 3.39. The van der Waals surface area contributed by atoms with Crippen molar-refractivity contribution in [2.45, 2.75) is 18.9 Å². The monoisotopic (exact) mass is 293 g/mol. The summed E-state index contributed by atoms with van der Waals surface area (Å²) in [5, 5.41) is 24.9. The summed E-state index contributed by atoms with van der Waals surface area (Å²) in [5.74, 6) is -1.56. The van der Waals surface area contributed by atoms with E-state index in [1.165, 1.54) is 12.1 Å². The first kappa shape index (κ1) is 14.8. The largest absolute Gasteiger partial charge is 0.481 e. The lowest BCUT2D eigenvalue weighted by molar-refractivity contribution is -0.383. The van der Waals surface area contributed by atoms with Crippen LogP contribution in [0.15, 0.2) is 24.3 Å². The molecule has 0 saturated heterocycles. The minimum Gasteiger partial charge on any atom is -0.481 e. The van der Waals surface area contributed by atoms with Crippen molar-refractivity contribution in [3.05, 3.63) is 34.4 Å². The number of aliphatic carboxylic acids is 1. The number of nitrogens with zero attached hydrogens (tertiary/aromatic N) is 1. The second-order valence-electron chi connectivity index (χ2n) is 4.90. The highest BCUT2D eigenvalue weighted by molar-refractivity contribution is 5.82. The number of para-hydroxylation sites is 2. The molecule has 0 bridgehead atoms. The molecule has 1 saturated carbocycles. The van der Waals surface area contributed by atoms with Crippen LogP contribution in [0, 0.1) is 16.0 Å². The lowest BCUT2D eigenvalue weighted by atomic mass is 9.80. The average molecular weight is 293 g/mol. The highest BCUT2D eigenvalue weighted by Gasteiger charge is 2.35. The van der Waals surface area contributed by atoms with Crippen LogP contribution in [0.2, 0.25) is 0 Å². The maximum absolute atomic E-state index is 11.7. The SMILES string of the molecule is O=C(CNc1ccccc1[N+](=O)[O-])NC1CC(C(=O)O)C1. The number of carbonyl (C=O) groups is 2. The molecule has 0 radical (unpaired) electrons. The fraction of sp³-hybridized carbons (Fsp3) is 0.385.